The lowest BCUT2D eigenvalue weighted by Gasteiger charge is -2.04. The number of aromatic amines is 1. The van der Waals surface area contributed by atoms with Crippen molar-refractivity contribution in [1.82, 2.24) is 10.2 Å². The van der Waals surface area contributed by atoms with Crippen molar-refractivity contribution in [3.8, 4) is 17.2 Å². The number of nitriles is 1. The van der Waals surface area contributed by atoms with E-state index in [0.29, 0.717) is 5.82 Å². The molecule has 22 heavy (non-hydrogen) atoms. The highest BCUT2D eigenvalue weighted by molar-refractivity contribution is 5.93. The number of H-pyrrole nitrogens is 1. The first kappa shape index (κ1) is 15.3. The second kappa shape index (κ2) is 7.09. The van der Waals surface area contributed by atoms with Gasteiger partial charge in [0.2, 0.25) is 0 Å². The minimum atomic E-state index is -0.661. The molecule has 6 nitrogen and oxygen atoms in total. The Morgan fingerprint density at radius 3 is 2.82 bits per heavy atom. The molecular weight excluding hydrogens is 280 g/mol. The van der Waals surface area contributed by atoms with Gasteiger partial charge in [0.25, 0.3) is 0 Å². The van der Waals surface area contributed by atoms with E-state index in [-0.39, 0.29) is 12.2 Å². The van der Waals surface area contributed by atoms with Crippen molar-refractivity contribution in [2.75, 3.05) is 11.9 Å². The van der Waals surface area contributed by atoms with E-state index in [1.165, 1.54) is 6.20 Å². The summed E-state index contributed by atoms with van der Waals surface area (Å²) in [4.78, 5) is 11.6. The Morgan fingerprint density at radius 1 is 1.45 bits per heavy atom. The first-order valence-electron chi connectivity index (χ1n) is 6.81. The summed E-state index contributed by atoms with van der Waals surface area (Å²) in [5.41, 5.74) is 2.65. The van der Waals surface area contributed by atoms with E-state index >= 15 is 0 Å². The van der Waals surface area contributed by atoms with Gasteiger partial charge in [-0.1, -0.05) is 30.3 Å². The van der Waals surface area contributed by atoms with Crippen molar-refractivity contribution in [3.05, 3.63) is 47.8 Å². The first-order valence-corrected chi connectivity index (χ1v) is 6.81. The molecule has 1 heterocycles. The monoisotopic (exact) mass is 296 g/mol. The van der Waals surface area contributed by atoms with Crippen molar-refractivity contribution in [3.63, 3.8) is 0 Å². The molecule has 6 heteroatoms. The number of hydrogen-bond acceptors (Lipinski definition) is 5. The molecule has 0 radical (unpaired) electrons. The van der Waals surface area contributed by atoms with E-state index < -0.39 is 5.97 Å². The summed E-state index contributed by atoms with van der Waals surface area (Å²) in [6.45, 7) is 3.81. The molecule has 1 aromatic carbocycles. The van der Waals surface area contributed by atoms with Crippen LogP contribution in [0.2, 0.25) is 0 Å². The van der Waals surface area contributed by atoms with E-state index in [4.69, 9.17) is 10.00 Å². The van der Waals surface area contributed by atoms with Gasteiger partial charge in [0.15, 0.2) is 11.4 Å². The highest BCUT2D eigenvalue weighted by Crippen LogP contribution is 2.29. The zero-order chi connectivity index (χ0) is 15.9. The topological polar surface area (TPSA) is 90.8 Å². The average molecular weight is 296 g/mol. The van der Waals surface area contributed by atoms with E-state index in [1.54, 1.807) is 6.92 Å². The van der Waals surface area contributed by atoms with Gasteiger partial charge in [-0.25, -0.2) is 4.79 Å². The van der Waals surface area contributed by atoms with Gasteiger partial charge in [0, 0.05) is 17.5 Å². The molecule has 0 aliphatic carbocycles. The molecule has 1 aromatic heterocycles. The van der Waals surface area contributed by atoms with Crippen LogP contribution in [0.3, 0.4) is 0 Å². The maximum Gasteiger partial charge on any atom is 0.350 e. The number of benzene rings is 1. The zero-order valence-electron chi connectivity index (χ0n) is 12.4. The molecular formula is C16H16N4O2. The number of nitrogens with zero attached hydrogens (tertiary/aromatic N) is 2. The summed E-state index contributed by atoms with van der Waals surface area (Å²) in [5, 5.41) is 19.0. The first-order chi connectivity index (χ1) is 10.7. The second-order valence-corrected chi connectivity index (χ2v) is 4.47. The third kappa shape index (κ3) is 3.33. The number of anilines is 1. The summed E-state index contributed by atoms with van der Waals surface area (Å²) in [7, 11) is 0. The van der Waals surface area contributed by atoms with E-state index in [1.807, 2.05) is 43.3 Å². The Kier molecular flexibility index (Phi) is 4.94. The minimum Gasteiger partial charge on any atom is -0.462 e. The Labute approximate surface area is 128 Å². The quantitative estimate of drug-likeness (QED) is 0.503. The lowest BCUT2D eigenvalue weighted by atomic mass is 10.1. The van der Waals surface area contributed by atoms with Crippen molar-refractivity contribution < 1.29 is 9.53 Å². The van der Waals surface area contributed by atoms with Gasteiger partial charge in [-0.05, 0) is 19.4 Å². The number of ether oxygens (including phenoxy) is 1. The lowest BCUT2D eigenvalue weighted by Crippen LogP contribution is -2.08. The van der Waals surface area contributed by atoms with Crippen LogP contribution in [-0.2, 0) is 9.53 Å². The highest BCUT2D eigenvalue weighted by atomic mass is 16.5. The van der Waals surface area contributed by atoms with Crippen molar-refractivity contribution in [2.24, 2.45) is 0 Å². The Bertz CT molecular complexity index is 726. The maximum absolute atomic E-state index is 11.6. The van der Waals surface area contributed by atoms with Crippen LogP contribution in [0.5, 0.6) is 0 Å². The second-order valence-electron chi connectivity index (χ2n) is 4.47. The molecule has 0 aliphatic rings. The molecule has 2 N–H and O–H groups in total. The molecule has 0 fully saturated rings. The molecule has 2 aromatic rings. The Hall–Kier alpha value is -3.07. The number of aryl methyl sites for hydroxylation is 1. The van der Waals surface area contributed by atoms with Crippen LogP contribution in [-0.4, -0.2) is 22.8 Å². The fourth-order valence-electron chi connectivity index (χ4n) is 1.98. The standard InChI is InChI=1S/C16H16N4O2/c1-3-22-16(21)13(9-17)10-18-15-14(11(2)19-20-15)12-7-5-4-6-8-12/h4-8,10H,3H2,1-2H3,(H2,18,19,20)/b13-10+. The third-order valence-electron chi connectivity index (χ3n) is 2.98. The van der Waals surface area contributed by atoms with E-state index in [0.717, 1.165) is 16.8 Å². The number of rotatable bonds is 5. The predicted molar refractivity (Wildman–Crippen MR) is 82.7 cm³/mol. The van der Waals surface area contributed by atoms with Crippen LogP contribution >= 0.6 is 0 Å². The van der Waals surface area contributed by atoms with Gasteiger partial charge in [0.1, 0.15) is 6.07 Å². The zero-order valence-corrected chi connectivity index (χ0v) is 12.4. The average Bonchev–Trinajstić information content (AvgIpc) is 2.90. The van der Waals surface area contributed by atoms with Crippen LogP contribution in [0.4, 0.5) is 5.82 Å². The number of carbonyl (C=O) groups excluding carboxylic acids is 1. The number of nitrogens with one attached hydrogen (secondary N) is 2. The lowest BCUT2D eigenvalue weighted by molar-refractivity contribution is -0.138. The smallest absolute Gasteiger partial charge is 0.350 e. The maximum atomic E-state index is 11.6. The number of esters is 1. The molecule has 0 atom stereocenters. The van der Waals surface area contributed by atoms with Crippen LogP contribution in [0.15, 0.2) is 42.1 Å². The third-order valence-corrected chi connectivity index (χ3v) is 2.98. The largest absolute Gasteiger partial charge is 0.462 e. The van der Waals surface area contributed by atoms with Crippen LogP contribution < -0.4 is 5.32 Å². The Morgan fingerprint density at radius 2 is 2.18 bits per heavy atom. The highest BCUT2D eigenvalue weighted by Gasteiger charge is 2.13. The summed E-state index contributed by atoms with van der Waals surface area (Å²) in [5.74, 6) is -0.119. The molecule has 0 spiro atoms. The van der Waals surface area contributed by atoms with Gasteiger partial charge in [-0.3, -0.25) is 5.10 Å². The van der Waals surface area contributed by atoms with E-state index in [9.17, 15) is 4.79 Å². The van der Waals surface area contributed by atoms with Gasteiger partial charge >= 0.3 is 5.97 Å². The van der Waals surface area contributed by atoms with Gasteiger partial charge in [0.05, 0.1) is 6.61 Å². The molecule has 0 aliphatic heterocycles. The van der Waals surface area contributed by atoms with Crippen LogP contribution in [0.1, 0.15) is 12.6 Å². The Balaban J connectivity index is 2.28. The van der Waals surface area contributed by atoms with Crippen LogP contribution in [0, 0.1) is 18.3 Å². The number of hydrogen-bond donors (Lipinski definition) is 2. The molecule has 2 rings (SSSR count). The molecule has 0 amide bonds. The number of aromatic nitrogens is 2. The van der Waals surface area contributed by atoms with E-state index in [2.05, 4.69) is 15.5 Å². The van der Waals surface area contributed by atoms with Gasteiger partial charge in [-0.2, -0.15) is 10.4 Å². The SMILES string of the molecule is CCOC(=O)/C(C#N)=C/Nc1n[nH]c(C)c1-c1ccccc1. The molecule has 0 unspecified atom stereocenters. The van der Waals surface area contributed by atoms with Crippen molar-refractivity contribution in [1.29, 1.82) is 5.26 Å². The molecule has 0 saturated heterocycles. The minimum absolute atomic E-state index is 0.110. The normalized spacial score (nSPS) is 10.9. The molecule has 0 bridgehead atoms. The predicted octanol–water partition coefficient (Wildman–Crippen LogP) is 2.77. The van der Waals surface area contributed by atoms with Gasteiger partial charge in [-0.15, -0.1) is 0 Å². The van der Waals surface area contributed by atoms with Crippen molar-refractivity contribution >= 4 is 11.8 Å². The molecule has 0 saturated carbocycles. The fraction of sp³-hybridized carbons (Fsp3) is 0.188. The summed E-state index contributed by atoms with van der Waals surface area (Å²) in [6, 6.07) is 11.5. The van der Waals surface area contributed by atoms with Crippen LogP contribution in [0.25, 0.3) is 11.1 Å². The van der Waals surface area contributed by atoms with Crippen molar-refractivity contribution in [2.45, 2.75) is 13.8 Å². The summed E-state index contributed by atoms with van der Waals surface area (Å²) >= 11 is 0. The van der Waals surface area contributed by atoms with Gasteiger partial charge < -0.3 is 10.1 Å². The number of carbonyl (C=O) groups is 1. The fourth-order valence-corrected chi connectivity index (χ4v) is 1.98. The molecule has 112 valence electrons. The summed E-state index contributed by atoms with van der Waals surface area (Å²) < 4.78 is 4.81. The summed E-state index contributed by atoms with van der Waals surface area (Å²) in [6.07, 6.45) is 1.31.